The minimum atomic E-state index is -0.893. The Balaban J connectivity index is 2.68. The van der Waals surface area contributed by atoms with Crippen LogP contribution in [0.5, 0.6) is 0 Å². The maximum atomic E-state index is 10.5. The second-order valence-electron chi connectivity index (χ2n) is 2.84. The highest BCUT2D eigenvalue weighted by Gasteiger charge is 1.99. The number of benzene rings is 1. The van der Waals surface area contributed by atoms with Gasteiger partial charge in [-0.1, -0.05) is 24.3 Å². The number of rotatable bonds is 4. The van der Waals surface area contributed by atoms with E-state index in [2.05, 4.69) is 12.6 Å². The van der Waals surface area contributed by atoms with Gasteiger partial charge >= 0.3 is 5.97 Å². The molecular weight excluding hydrogens is 196 g/mol. The van der Waals surface area contributed by atoms with Gasteiger partial charge in [0.1, 0.15) is 0 Å². The molecule has 1 rings (SSSR count). The summed E-state index contributed by atoms with van der Waals surface area (Å²) in [6.07, 6.45) is 4.90. The summed E-state index contributed by atoms with van der Waals surface area (Å²) in [5.41, 5.74) is 1.33. The molecule has 0 aliphatic heterocycles. The first-order chi connectivity index (χ1) is 6.74. The summed E-state index contributed by atoms with van der Waals surface area (Å²) in [4.78, 5) is 10.5. The van der Waals surface area contributed by atoms with Crippen LogP contribution in [0, 0.1) is 0 Å². The van der Waals surface area contributed by atoms with Crippen LogP contribution in [0.3, 0.4) is 0 Å². The SMILES string of the molecule is O=C(O)c1ccc(C=CCCS)cc1. The van der Waals surface area contributed by atoms with E-state index in [1.165, 1.54) is 0 Å². The number of carboxylic acid groups (broad SMARTS) is 1. The minimum absolute atomic E-state index is 0.316. The third kappa shape index (κ3) is 3.26. The maximum absolute atomic E-state index is 10.5. The molecule has 0 heterocycles. The van der Waals surface area contributed by atoms with Crippen molar-refractivity contribution >= 4 is 24.7 Å². The Bertz CT molecular complexity index is 328. The van der Waals surface area contributed by atoms with E-state index >= 15 is 0 Å². The Morgan fingerprint density at radius 1 is 1.36 bits per heavy atom. The van der Waals surface area contributed by atoms with Gasteiger partial charge in [0.15, 0.2) is 0 Å². The molecule has 0 unspecified atom stereocenters. The molecule has 1 N–H and O–H groups in total. The highest BCUT2D eigenvalue weighted by atomic mass is 32.1. The third-order valence-corrected chi connectivity index (χ3v) is 2.02. The van der Waals surface area contributed by atoms with Crippen LogP contribution >= 0.6 is 12.6 Å². The molecule has 2 nitrogen and oxygen atoms in total. The third-order valence-electron chi connectivity index (χ3n) is 1.76. The zero-order valence-electron chi connectivity index (χ0n) is 7.68. The van der Waals surface area contributed by atoms with Gasteiger partial charge in [-0.15, -0.1) is 0 Å². The van der Waals surface area contributed by atoms with Crippen molar-refractivity contribution in [3.05, 3.63) is 41.5 Å². The molecule has 0 atom stereocenters. The fourth-order valence-electron chi connectivity index (χ4n) is 1.03. The Hall–Kier alpha value is -1.22. The molecule has 0 fully saturated rings. The monoisotopic (exact) mass is 208 g/mol. The van der Waals surface area contributed by atoms with Gasteiger partial charge in [-0.3, -0.25) is 0 Å². The molecule has 0 aliphatic carbocycles. The number of hydrogen-bond acceptors (Lipinski definition) is 2. The van der Waals surface area contributed by atoms with Gasteiger partial charge in [0, 0.05) is 0 Å². The molecule has 74 valence electrons. The molecule has 14 heavy (non-hydrogen) atoms. The molecule has 1 aromatic rings. The largest absolute Gasteiger partial charge is 0.478 e. The Kier molecular flexibility index (Phi) is 4.26. The summed E-state index contributed by atoms with van der Waals surface area (Å²) < 4.78 is 0. The number of hydrogen-bond donors (Lipinski definition) is 2. The Labute approximate surface area is 88.7 Å². The van der Waals surface area contributed by atoms with E-state index in [9.17, 15) is 4.79 Å². The first kappa shape index (κ1) is 10.9. The normalized spacial score (nSPS) is 10.6. The van der Waals surface area contributed by atoms with Gasteiger partial charge in [0.05, 0.1) is 5.56 Å². The van der Waals surface area contributed by atoms with Gasteiger partial charge in [0.25, 0.3) is 0 Å². The van der Waals surface area contributed by atoms with Gasteiger partial charge < -0.3 is 5.11 Å². The summed E-state index contributed by atoms with van der Waals surface area (Å²) in [6.45, 7) is 0. The fourth-order valence-corrected chi connectivity index (χ4v) is 1.18. The van der Waals surface area contributed by atoms with Gasteiger partial charge in [0.2, 0.25) is 0 Å². The second-order valence-corrected chi connectivity index (χ2v) is 3.29. The van der Waals surface area contributed by atoms with Crippen LogP contribution in [0.4, 0.5) is 0 Å². The molecule has 0 aromatic heterocycles. The summed E-state index contributed by atoms with van der Waals surface area (Å²) >= 11 is 4.08. The van der Waals surface area contributed by atoms with Crippen molar-refractivity contribution in [2.24, 2.45) is 0 Å². The van der Waals surface area contributed by atoms with Gasteiger partial charge in [-0.05, 0) is 29.9 Å². The molecule has 0 spiro atoms. The van der Waals surface area contributed by atoms with Crippen molar-refractivity contribution in [2.45, 2.75) is 6.42 Å². The van der Waals surface area contributed by atoms with E-state index in [-0.39, 0.29) is 0 Å². The lowest BCUT2D eigenvalue weighted by molar-refractivity contribution is 0.0697. The first-order valence-electron chi connectivity index (χ1n) is 4.35. The minimum Gasteiger partial charge on any atom is -0.478 e. The highest BCUT2D eigenvalue weighted by Crippen LogP contribution is 2.06. The van der Waals surface area contributed by atoms with Gasteiger partial charge in [-0.25, -0.2) is 4.79 Å². The summed E-state index contributed by atoms with van der Waals surface area (Å²) in [7, 11) is 0. The van der Waals surface area contributed by atoms with Crippen molar-refractivity contribution < 1.29 is 9.90 Å². The fraction of sp³-hybridized carbons (Fsp3) is 0.182. The topological polar surface area (TPSA) is 37.3 Å². The first-order valence-corrected chi connectivity index (χ1v) is 4.98. The molecule has 0 amide bonds. The van der Waals surface area contributed by atoms with Crippen LogP contribution in [0.2, 0.25) is 0 Å². The number of aromatic carboxylic acids is 1. The predicted molar refractivity (Wildman–Crippen MR) is 60.9 cm³/mol. The van der Waals surface area contributed by atoms with Crippen molar-refractivity contribution in [3.63, 3.8) is 0 Å². The molecular formula is C11H12O2S. The zero-order chi connectivity index (χ0) is 10.4. The van der Waals surface area contributed by atoms with Gasteiger partial charge in [-0.2, -0.15) is 12.6 Å². The van der Waals surface area contributed by atoms with Crippen LogP contribution in [-0.2, 0) is 0 Å². The van der Waals surface area contributed by atoms with E-state index in [1.54, 1.807) is 24.3 Å². The lowest BCUT2D eigenvalue weighted by atomic mass is 10.1. The van der Waals surface area contributed by atoms with Crippen LogP contribution < -0.4 is 0 Å². The number of allylic oxidation sites excluding steroid dienone is 1. The number of carboxylic acids is 1. The van der Waals surface area contributed by atoms with Crippen molar-refractivity contribution in [2.75, 3.05) is 5.75 Å². The van der Waals surface area contributed by atoms with Crippen LogP contribution in [-0.4, -0.2) is 16.8 Å². The lowest BCUT2D eigenvalue weighted by Gasteiger charge is -1.95. The average Bonchev–Trinajstić information content (AvgIpc) is 2.19. The number of thiol groups is 1. The highest BCUT2D eigenvalue weighted by molar-refractivity contribution is 7.80. The molecule has 3 heteroatoms. The molecule has 0 radical (unpaired) electrons. The molecule has 0 bridgehead atoms. The quantitative estimate of drug-likeness (QED) is 0.746. The number of carbonyl (C=O) groups is 1. The molecule has 0 saturated carbocycles. The van der Waals surface area contributed by atoms with E-state index in [0.29, 0.717) is 5.56 Å². The standard InChI is InChI=1S/C11H12O2S/c12-11(13)10-6-4-9(5-7-10)3-1-2-8-14/h1,3-7,14H,2,8H2,(H,12,13). The molecule has 0 saturated heterocycles. The van der Waals surface area contributed by atoms with E-state index < -0.39 is 5.97 Å². The Morgan fingerprint density at radius 3 is 2.50 bits per heavy atom. The van der Waals surface area contributed by atoms with Crippen molar-refractivity contribution in [1.29, 1.82) is 0 Å². The summed E-state index contributed by atoms with van der Waals surface area (Å²) in [5.74, 6) is -0.0696. The predicted octanol–water partition coefficient (Wildman–Crippen LogP) is 2.72. The van der Waals surface area contributed by atoms with Crippen LogP contribution in [0.1, 0.15) is 22.3 Å². The maximum Gasteiger partial charge on any atom is 0.335 e. The van der Waals surface area contributed by atoms with Crippen LogP contribution in [0.15, 0.2) is 30.3 Å². The summed E-state index contributed by atoms with van der Waals surface area (Å²) in [5, 5.41) is 8.66. The zero-order valence-corrected chi connectivity index (χ0v) is 8.58. The molecule has 1 aromatic carbocycles. The van der Waals surface area contributed by atoms with E-state index in [4.69, 9.17) is 5.11 Å². The average molecular weight is 208 g/mol. The van der Waals surface area contributed by atoms with Crippen molar-refractivity contribution in [3.8, 4) is 0 Å². The Morgan fingerprint density at radius 2 is 2.00 bits per heavy atom. The molecule has 0 aliphatic rings. The van der Waals surface area contributed by atoms with Crippen LogP contribution in [0.25, 0.3) is 6.08 Å². The smallest absolute Gasteiger partial charge is 0.335 e. The summed E-state index contributed by atoms with van der Waals surface area (Å²) in [6, 6.07) is 6.78. The van der Waals surface area contributed by atoms with E-state index in [0.717, 1.165) is 17.7 Å². The lowest BCUT2D eigenvalue weighted by Crippen LogP contribution is -1.94. The van der Waals surface area contributed by atoms with Crippen molar-refractivity contribution in [1.82, 2.24) is 0 Å². The second kappa shape index (κ2) is 5.50. The van der Waals surface area contributed by atoms with E-state index in [1.807, 2.05) is 12.2 Å².